The molecule has 2 atom stereocenters. The number of unbranched alkanes of at least 4 members (excludes halogenated alkanes) is 11. The number of allylic oxidation sites excluding steroid dienone is 2. The van der Waals surface area contributed by atoms with Crippen molar-refractivity contribution < 1.29 is 29.7 Å². The number of rotatable bonds is 16. The molecule has 0 saturated heterocycles. The minimum absolute atomic E-state index is 0.102. The molecule has 0 fully saturated rings. The Balaban J connectivity index is 1.18. The van der Waals surface area contributed by atoms with Crippen molar-refractivity contribution in [3.05, 3.63) is 23.3 Å². The fourth-order valence-corrected chi connectivity index (χ4v) is 4.97. The van der Waals surface area contributed by atoms with Gasteiger partial charge in [-0.1, -0.05) is 76.4 Å². The van der Waals surface area contributed by atoms with Gasteiger partial charge in [0.05, 0.1) is 0 Å². The minimum Gasteiger partial charge on any atom is -0.492 e. The molecule has 2 unspecified atom stereocenters. The van der Waals surface area contributed by atoms with E-state index >= 15 is 0 Å². The number of hydrogen-bond donors (Lipinski definition) is 3. The highest BCUT2D eigenvalue weighted by molar-refractivity contribution is 5.70. The highest BCUT2D eigenvalue weighted by Crippen LogP contribution is 2.56. The van der Waals surface area contributed by atoms with Crippen molar-refractivity contribution in [1.29, 1.82) is 0 Å². The number of nitrogens with zero attached hydrogens (tertiary/aromatic N) is 1. The number of carbonyl (C=O) groups excluding carboxylic acids is 1. The summed E-state index contributed by atoms with van der Waals surface area (Å²) < 4.78 is 0.894. The number of aliphatic carboxylic acids is 1. The summed E-state index contributed by atoms with van der Waals surface area (Å²) in [4.78, 5) is 27.8. The average molecular weight is 448 g/mol. The SMILES string of the molecule is O=C(O)CCCCCCCCCCCCCCC(=O)On1c(O)c2c(c1O)C1C=CC2C1. The maximum absolute atomic E-state index is 12.1. The lowest BCUT2D eigenvalue weighted by Gasteiger charge is -2.09. The zero-order valence-electron chi connectivity index (χ0n) is 18.9. The number of hydrogen-bond acceptors (Lipinski definition) is 5. The Labute approximate surface area is 190 Å². The third-order valence-corrected chi connectivity index (χ3v) is 6.70. The van der Waals surface area contributed by atoms with Gasteiger partial charge < -0.3 is 20.2 Å². The summed E-state index contributed by atoms with van der Waals surface area (Å²) in [5.74, 6) is -1.23. The van der Waals surface area contributed by atoms with Crippen molar-refractivity contribution in [2.24, 2.45) is 0 Å². The minimum atomic E-state index is -0.700. The van der Waals surface area contributed by atoms with Crippen molar-refractivity contribution in [3.63, 3.8) is 0 Å². The summed E-state index contributed by atoms with van der Waals surface area (Å²) in [6, 6.07) is 0. The van der Waals surface area contributed by atoms with E-state index in [9.17, 15) is 19.8 Å². The van der Waals surface area contributed by atoms with E-state index in [4.69, 9.17) is 9.94 Å². The number of fused-ring (bicyclic) bond motifs is 5. The number of carboxylic acid groups (broad SMARTS) is 1. The van der Waals surface area contributed by atoms with Gasteiger partial charge in [-0.15, -0.1) is 4.73 Å². The fraction of sp³-hybridized carbons (Fsp3) is 0.680. The lowest BCUT2D eigenvalue weighted by atomic mass is 10.0. The molecule has 7 nitrogen and oxygen atoms in total. The molecule has 0 radical (unpaired) electrons. The zero-order chi connectivity index (χ0) is 22.9. The van der Waals surface area contributed by atoms with Gasteiger partial charge >= 0.3 is 11.9 Å². The van der Waals surface area contributed by atoms with Crippen LogP contribution in [0, 0.1) is 0 Å². The van der Waals surface area contributed by atoms with Crippen LogP contribution in [-0.4, -0.2) is 32.0 Å². The predicted molar refractivity (Wildman–Crippen MR) is 121 cm³/mol. The summed E-state index contributed by atoms with van der Waals surface area (Å²) in [6.07, 6.45) is 18.5. The zero-order valence-corrected chi connectivity index (χ0v) is 18.9. The number of carbonyl (C=O) groups is 2. The fourth-order valence-electron chi connectivity index (χ4n) is 4.97. The molecule has 1 heterocycles. The van der Waals surface area contributed by atoms with Crippen LogP contribution in [0.15, 0.2) is 12.2 Å². The highest BCUT2D eigenvalue weighted by Gasteiger charge is 2.42. The maximum atomic E-state index is 12.1. The quantitative estimate of drug-likeness (QED) is 0.227. The molecule has 7 heteroatoms. The Morgan fingerprint density at radius 1 is 0.750 bits per heavy atom. The molecule has 2 aliphatic rings. The first-order valence-electron chi connectivity index (χ1n) is 12.3. The molecule has 2 bridgehead atoms. The second-order valence-electron chi connectivity index (χ2n) is 9.20. The van der Waals surface area contributed by atoms with Gasteiger partial charge in [-0.25, -0.2) is 4.79 Å². The van der Waals surface area contributed by atoms with Crippen LogP contribution in [0.3, 0.4) is 0 Å². The summed E-state index contributed by atoms with van der Waals surface area (Å²) in [5, 5.41) is 29.3. The van der Waals surface area contributed by atoms with Gasteiger partial charge in [-0.05, 0) is 19.3 Å². The molecular formula is C25H37NO6. The molecule has 178 valence electrons. The van der Waals surface area contributed by atoms with Crippen LogP contribution in [0.25, 0.3) is 0 Å². The lowest BCUT2D eigenvalue weighted by molar-refractivity contribution is -0.145. The molecule has 32 heavy (non-hydrogen) atoms. The van der Waals surface area contributed by atoms with Crippen LogP contribution in [0.2, 0.25) is 0 Å². The first-order valence-corrected chi connectivity index (χ1v) is 12.3. The molecule has 0 aliphatic heterocycles. The van der Waals surface area contributed by atoms with E-state index in [2.05, 4.69) is 0 Å². The number of aromatic hydroxyl groups is 2. The topological polar surface area (TPSA) is 109 Å². The summed E-state index contributed by atoms with van der Waals surface area (Å²) in [7, 11) is 0. The van der Waals surface area contributed by atoms with Crippen molar-refractivity contribution >= 4 is 11.9 Å². The van der Waals surface area contributed by atoms with Crippen LogP contribution in [0.5, 0.6) is 11.8 Å². The smallest absolute Gasteiger partial charge is 0.333 e. The van der Waals surface area contributed by atoms with Gasteiger partial charge in [-0.2, -0.15) is 0 Å². The molecule has 3 rings (SSSR count). The molecule has 1 aromatic heterocycles. The molecule has 0 spiro atoms. The van der Waals surface area contributed by atoms with E-state index in [1.807, 2.05) is 12.2 Å². The average Bonchev–Trinajstić information content (AvgIpc) is 3.44. The van der Waals surface area contributed by atoms with E-state index in [1.54, 1.807) is 0 Å². The molecule has 3 N–H and O–H groups in total. The van der Waals surface area contributed by atoms with E-state index in [0.29, 0.717) is 11.1 Å². The van der Waals surface area contributed by atoms with Crippen LogP contribution in [-0.2, 0) is 9.59 Å². The van der Waals surface area contributed by atoms with Gasteiger partial charge in [0.2, 0.25) is 11.8 Å². The molecule has 0 saturated carbocycles. The Kier molecular flexibility index (Phi) is 9.06. The normalized spacial score (nSPS) is 18.2. The predicted octanol–water partition coefficient (Wildman–Crippen LogP) is 5.54. The van der Waals surface area contributed by atoms with Gasteiger partial charge in [0.1, 0.15) is 0 Å². The third kappa shape index (κ3) is 6.30. The van der Waals surface area contributed by atoms with Gasteiger partial charge in [-0.3, -0.25) is 4.79 Å². The maximum Gasteiger partial charge on any atom is 0.333 e. The molecule has 1 aromatic rings. The summed E-state index contributed by atoms with van der Waals surface area (Å²) >= 11 is 0. The summed E-state index contributed by atoms with van der Waals surface area (Å²) in [6.45, 7) is 0. The molecule has 0 aromatic carbocycles. The lowest BCUT2D eigenvalue weighted by Crippen LogP contribution is -2.19. The molecule has 2 aliphatic carbocycles. The van der Waals surface area contributed by atoms with Crippen LogP contribution >= 0.6 is 0 Å². The van der Waals surface area contributed by atoms with E-state index in [-0.39, 0.29) is 36.4 Å². The molecular weight excluding hydrogens is 410 g/mol. The Bertz CT molecular complexity index is 776. The first-order chi connectivity index (χ1) is 15.5. The van der Waals surface area contributed by atoms with Gasteiger partial charge in [0.25, 0.3) is 0 Å². The van der Waals surface area contributed by atoms with Gasteiger partial charge in [0, 0.05) is 35.8 Å². The standard InChI is InChI=1S/C25H37NO6/c27-20(28)13-11-9-7-5-3-1-2-4-6-8-10-12-14-21(29)32-26-24(30)22-18-15-16-19(17-18)23(22)25(26)31/h15-16,18-19,30-31H,1-14,17H2,(H,27,28). The van der Waals surface area contributed by atoms with Gasteiger partial charge in [0.15, 0.2) is 0 Å². The Hall–Kier alpha value is -2.44. The number of aromatic nitrogens is 1. The third-order valence-electron chi connectivity index (χ3n) is 6.70. The van der Waals surface area contributed by atoms with E-state index < -0.39 is 11.9 Å². The second kappa shape index (κ2) is 12.0. The van der Waals surface area contributed by atoms with Crippen LogP contribution < -0.4 is 4.84 Å². The monoisotopic (exact) mass is 447 g/mol. The number of carboxylic acids is 1. The van der Waals surface area contributed by atoms with E-state index in [1.165, 1.54) is 32.1 Å². The van der Waals surface area contributed by atoms with E-state index in [0.717, 1.165) is 56.1 Å². The first kappa shape index (κ1) is 24.2. The van der Waals surface area contributed by atoms with Crippen LogP contribution in [0.4, 0.5) is 0 Å². The molecule has 0 amide bonds. The highest BCUT2D eigenvalue weighted by atomic mass is 16.7. The second-order valence-corrected chi connectivity index (χ2v) is 9.20. The Morgan fingerprint density at radius 3 is 1.59 bits per heavy atom. The van der Waals surface area contributed by atoms with Crippen molar-refractivity contribution in [1.82, 2.24) is 4.73 Å². The summed E-state index contributed by atoms with van der Waals surface area (Å²) in [5.41, 5.74) is 1.39. The van der Waals surface area contributed by atoms with Crippen molar-refractivity contribution in [2.75, 3.05) is 0 Å². The largest absolute Gasteiger partial charge is 0.492 e. The van der Waals surface area contributed by atoms with Crippen molar-refractivity contribution in [2.45, 2.75) is 108 Å². The van der Waals surface area contributed by atoms with Crippen LogP contribution in [0.1, 0.15) is 119 Å². The van der Waals surface area contributed by atoms with Crippen molar-refractivity contribution in [3.8, 4) is 11.8 Å². The Morgan fingerprint density at radius 2 is 1.16 bits per heavy atom.